The number of aliphatic hydroxyl groups excluding tert-OH is 1. The Bertz CT molecular complexity index is 917. The molecule has 0 atom stereocenters. The number of aliphatic hydroxyl groups is 1. The van der Waals surface area contributed by atoms with Gasteiger partial charge < -0.3 is 24.6 Å². The molecule has 2 aromatic rings. The summed E-state index contributed by atoms with van der Waals surface area (Å²) >= 11 is 1.30. The first-order chi connectivity index (χ1) is 15.6. The Morgan fingerprint density at radius 2 is 1.52 bits per heavy atom. The largest absolute Gasteiger partial charge is 0.480 e. The first kappa shape index (κ1) is 28.7. The Kier molecular flexibility index (Phi) is 11.1. The summed E-state index contributed by atoms with van der Waals surface area (Å²) in [6.45, 7) is 12.5. The van der Waals surface area contributed by atoms with Crippen molar-refractivity contribution in [3.63, 3.8) is 0 Å². The minimum Gasteiger partial charge on any atom is -0.480 e. The van der Waals surface area contributed by atoms with Gasteiger partial charge in [-0.05, 0) is 40.0 Å². The molecule has 0 aliphatic carbocycles. The lowest BCUT2D eigenvalue weighted by molar-refractivity contribution is -0.138. The number of imidazole rings is 1. The van der Waals surface area contributed by atoms with E-state index in [1.54, 1.807) is 13.8 Å². The Morgan fingerprint density at radius 3 is 2.00 bits per heavy atom. The van der Waals surface area contributed by atoms with E-state index < -0.39 is 10.7 Å². The van der Waals surface area contributed by atoms with Crippen LogP contribution in [-0.4, -0.2) is 86.5 Å². The molecule has 33 heavy (non-hydrogen) atoms. The van der Waals surface area contributed by atoms with Crippen LogP contribution in [0.3, 0.4) is 0 Å². The third-order valence-electron chi connectivity index (χ3n) is 5.37. The molecule has 9 heteroatoms. The van der Waals surface area contributed by atoms with E-state index in [-0.39, 0.29) is 5.91 Å². The number of likely N-dealkylation sites (N-methyl/N-ethyl adjacent to an activating group) is 1. The topological polar surface area (TPSA) is 98.9 Å². The number of aliphatic carboxylic acids is 1. The predicted octanol–water partition coefficient (Wildman–Crippen LogP) is 3.37. The van der Waals surface area contributed by atoms with Crippen molar-refractivity contribution in [3.8, 4) is 11.4 Å². The van der Waals surface area contributed by atoms with Crippen LogP contribution in [0.4, 0.5) is 0 Å². The minimum atomic E-state index is -0.899. The van der Waals surface area contributed by atoms with Crippen LogP contribution in [-0.2, 0) is 11.8 Å². The number of piperazine rings is 1. The highest BCUT2D eigenvalue weighted by molar-refractivity contribution is 8.01. The van der Waals surface area contributed by atoms with Crippen molar-refractivity contribution in [2.24, 2.45) is 7.05 Å². The van der Waals surface area contributed by atoms with Gasteiger partial charge in [0.15, 0.2) is 0 Å². The molecule has 1 saturated heterocycles. The van der Waals surface area contributed by atoms with Gasteiger partial charge in [-0.15, -0.1) is 11.8 Å². The van der Waals surface area contributed by atoms with Gasteiger partial charge in [0.1, 0.15) is 16.3 Å². The number of thioether (sulfide) groups is 1. The molecular weight excluding hydrogens is 440 g/mol. The zero-order valence-electron chi connectivity index (χ0n) is 21.0. The number of amides is 1. The maximum absolute atomic E-state index is 13.0. The molecule has 0 radical (unpaired) electrons. The Balaban J connectivity index is 0.00000129. The van der Waals surface area contributed by atoms with E-state index in [1.165, 1.54) is 11.8 Å². The third kappa shape index (κ3) is 7.06. The van der Waals surface area contributed by atoms with Crippen LogP contribution in [0.25, 0.3) is 11.4 Å². The van der Waals surface area contributed by atoms with Crippen molar-refractivity contribution >= 4 is 23.6 Å². The van der Waals surface area contributed by atoms with Crippen molar-refractivity contribution in [2.45, 2.75) is 44.3 Å². The monoisotopic (exact) mass is 478 g/mol. The van der Waals surface area contributed by atoms with E-state index in [4.69, 9.17) is 5.11 Å². The lowest BCUT2D eigenvalue weighted by atomic mass is 10.2. The van der Waals surface area contributed by atoms with Crippen molar-refractivity contribution in [1.82, 2.24) is 19.4 Å². The molecule has 1 aromatic carbocycles. The molecule has 3 rings (SSSR count). The maximum Gasteiger partial charge on any atom is 0.319 e. The van der Waals surface area contributed by atoms with Gasteiger partial charge in [-0.2, -0.15) is 0 Å². The van der Waals surface area contributed by atoms with Crippen LogP contribution in [0.2, 0.25) is 0 Å². The Labute approximate surface area is 201 Å². The molecule has 1 aliphatic heterocycles. The van der Waals surface area contributed by atoms with Gasteiger partial charge in [-0.25, -0.2) is 4.98 Å². The van der Waals surface area contributed by atoms with Crippen LogP contribution in [0, 0.1) is 6.92 Å². The number of carbonyl (C=O) groups excluding carboxylic acids is 1. The molecule has 0 unspecified atom stereocenters. The van der Waals surface area contributed by atoms with Crippen LogP contribution < -0.4 is 0 Å². The highest BCUT2D eigenvalue weighted by atomic mass is 32.2. The molecular formula is C24H38N4O4S. The first-order valence-corrected chi connectivity index (χ1v) is 11.9. The second-order valence-corrected chi connectivity index (χ2v) is 9.66. The van der Waals surface area contributed by atoms with E-state index in [2.05, 4.69) is 16.9 Å². The fraction of sp³-hybridized carbons (Fsp3) is 0.542. The summed E-state index contributed by atoms with van der Waals surface area (Å²) in [5, 5.41) is 16.3. The highest BCUT2D eigenvalue weighted by Crippen LogP contribution is 2.34. The van der Waals surface area contributed by atoms with Crippen LogP contribution in [0.5, 0.6) is 0 Å². The Hall–Kier alpha value is -2.36. The van der Waals surface area contributed by atoms with Gasteiger partial charge >= 0.3 is 5.97 Å². The van der Waals surface area contributed by atoms with E-state index >= 15 is 0 Å². The van der Waals surface area contributed by atoms with Crippen LogP contribution in [0.1, 0.15) is 43.9 Å². The number of benzene rings is 1. The number of carbonyl (C=O) groups is 2. The van der Waals surface area contributed by atoms with Crippen molar-refractivity contribution < 1.29 is 19.8 Å². The molecule has 2 heterocycles. The van der Waals surface area contributed by atoms with E-state index in [9.17, 15) is 14.7 Å². The summed E-state index contributed by atoms with van der Waals surface area (Å²) in [5.41, 5.74) is 2.23. The van der Waals surface area contributed by atoms with E-state index in [1.807, 2.05) is 61.6 Å². The zero-order valence-corrected chi connectivity index (χ0v) is 21.9. The fourth-order valence-corrected chi connectivity index (χ4v) is 4.16. The molecule has 0 bridgehead atoms. The molecule has 1 aromatic heterocycles. The molecule has 184 valence electrons. The highest BCUT2D eigenvalue weighted by Gasteiger charge is 2.29. The lowest BCUT2D eigenvalue weighted by Gasteiger charge is -2.32. The predicted molar refractivity (Wildman–Crippen MR) is 134 cm³/mol. The second-order valence-electron chi connectivity index (χ2n) is 7.97. The normalized spacial score (nSPS) is 14.0. The number of nitrogens with zero attached hydrogens (tertiary/aromatic N) is 4. The number of carboxylic acids is 1. The number of hydrogen-bond acceptors (Lipinski definition) is 6. The number of aromatic nitrogens is 2. The smallest absolute Gasteiger partial charge is 0.319 e. The van der Waals surface area contributed by atoms with Gasteiger partial charge in [0, 0.05) is 56.5 Å². The summed E-state index contributed by atoms with van der Waals surface area (Å²) in [7, 11) is 4.97. The Morgan fingerprint density at radius 1 is 1.00 bits per heavy atom. The fourth-order valence-electron chi connectivity index (χ4n) is 3.21. The first-order valence-electron chi connectivity index (χ1n) is 11.1. The molecule has 1 amide bonds. The van der Waals surface area contributed by atoms with Crippen molar-refractivity contribution in [1.29, 1.82) is 0 Å². The van der Waals surface area contributed by atoms with Crippen LogP contribution >= 0.6 is 11.8 Å². The summed E-state index contributed by atoms with van der Waals surface area (Å²) in [6.07, 6.45) is 0. The molecule has 2 N–H and O–H groups in total. The molecule has 1 fully saturated rings. The quantitative estimate of drug-likeness (QED) is 0.636. The summed E-state index contributed by atoms with van der Waals surface area (Å²) in [4.78, 5) is 33.9. The average molecular weight is 479 g/mol. The number of carboxylic acid groups (broad SMARTS) is 1. The average Bonchev–Trinajstić information content (AvgIpc) is 3.11. The lowest BCUT2D eigenvalue weighted by Crippen LogP contribution is -2.47. The van der Waals surface area contributed by atoms with Crippen molar-refractivity contribution in [2.75, 3.05) is 40.3 Å². The second kappa shape index (κ2) is 12.8. The molecule has 8 nitrogen and oxygen atoms in total. The summed E-state index contributed by atoms with van der Waals surface area (Å²) < 4.78 is 1.04. The van der Waals surface area contributed by atoms with Gasteiger partial charge in [0.05, 0.1) is 0 Å². The van der Waals surface area contributed by atoms with Gasteiger partial charge in [-0.1, -0.05) is 26.0 Å². The number of rotatable bonds is 5. The minimum absolute atomic E-state index is 0.0205. The maximum atomic E-state index is 13.0. The van der Waals surface area contributed by atoms with E-state index in [0.29, 0.717) is 18.8 Å². The number of hydrogen-bond donors (Lipinski definition) is 2. The zero-order chi connectivity index (χ0) is 25.3. The van der Waals surface area contributed by atoms with Crippen LogP contribution in [0.15, 0.2) is 29.2 Å². The standard InChI is InChI=1S/C21H28N4O3S.C2H6.CH4O/c1-14-17(19(26)25-12-10-23(4)11-13-25)22-18(24(14)5)15-6-8-16(9-7-15)29-21(2,3)20(27)28;2*1-2/h6-9H,10-13H2,1-5H3,(H,27,28);1-2H3;2H,1H3. The third-order valence-corrected chi connectivity index (χ3v) is 6.57. The SMILES string of the molecule is CC.CO.Cc1c(C(=O)N2CCN(C)CC2)nc(-c2ccc(SC(C)(C)C(=O)O)cc2)n1C. The van der Waals surface area contributed by atoms with Crippen molar-refractivity contribution in [3.05, 3.63) is 35.7 Å². The molecule has 0 saturated carbocycles. The molecule has 0 spiro atoms. The van der Waals surface area contributed by atoms with Gasteiger partial charge in [-0.3, -0.25) is 9.59 Å². The molecule has 1 aliphatic rings. The van der Waals surface area contributed by atoms with Gasteiger partial charge in [0.25, 0.3) is 5.91 Å². The summed E-state index contributed by atoms with van der Waals surface area (Å²) in [6, 6.07) is 7.64. The van der Waals surface area contributed by atoms with E-state index in [0.717, 1.165) is 42.2 Å². The summed E-state index contributed by atoms with van der Waals surface area (Å²) in [5.74, 6) is -0.139. The van der Waals surface area contributed by atoms with Gasteiger partial charge in [0.2, 0.25) is 0 Å².